The lowest BCUT2D eigenvalue weighted by Crippen LogP contribution is -2.26. The van der Waals surface area contributed by atoms with E-state index in [1.54, 1.807) is 11.5 Å². The first-order valence-electron chi connectivity index (χ1n) is 8.34. The van der Waals surface area contributed by atoms with Crippen LogP contribution in [0.4, 0.5) is 5.69 Å². The molecule has 1 saturated heterocycles. The second-order valence-corrected chi connectivity index (χ2v) is 7.48. The van der Waals surface area contributed by atoms with Crippen LogP contribution in [0.25, 0.3) is 0 Å². The second kappa shape index (κ2) is 7.88. The predicted octanol–water partition coefficient (Wildman–Crippen LogP) is 2.18. The van der Waals surface area contributed by atoms with E-state index in [4.69, 9.17) is 4.74 Å². The van der Waals surface area contributed by atoms with Gasteiger partial charge in [0.1, 0.15) is 0 Å². The molecule has 0 saturated carbocycles. The van der Waals surface area contributed by atoms with E-state index in [9.17, 15) is 9.59 Å². The number of ether oxygens (including phenoxy) is 1. The number of aryl methyl sites for hydroxylation is 1. The Labute approximate surface area is 150 Å². The second-order valence-electron chi connectivity index (χ2n) is 6.17. The molecule has 1 fully saturated rings. The van der Waals surface area contributed by atoms with Gasteiger partial charge in [-0.2, -0.15) is 0 Å². The molecule has 0 spiro atoms. The zero-order valence-corrected chi connectivity index (χ0v) is 15.1. The van der Waals surface area contributed by atoms with E-state index < -0.39 is 0 Å². The van der Waals surface area contributed by atoms with Crippen molar-refractivity contribution in [2.75, 3.05) is 11.9 Å². The maximum absolute atomic E-state index is 12.4. The highest BCUT2D eigenvalue weighted by molar-refractivity contribution is 8.00. The Balaban J connectivity index is 1.63. The van der Waals surface area contributed by atoms with E-state index in [0.717, 1.165) is 30.7 Å². The Bertz CT molecular complexity index is 778. The van der Waals surface area contributed by atoms with Crippen molar-refractivity contribution < 1.29 is 9.53 Å². The lowest BCUT2D eigenvalue weighted by molar-refractivity contribution is -0.115. The molecule has 2 N–H and O–H groups in total. The summed E-state index contributed by atoms with van der Waals surface area (Å²) in [7, 11) is 0. The molecule has 25 heavy (non-hydrogen) atoms. The minimum Gasteiger partial charge on any atom is -0.376 e. The number of nitrogens with one attached hydrogen (secondary N) is 2. The Morgan fingerprint density at radius 3 is 2.92 bits per heavy atom. The molecule has 2 aromatic rings. The van der Waals surface area contributed by atoms with Gasteiger partial charge in [-0.1, -0.05) is 29.5 Å². The highest BCUT2D eigenvalue weighted by Crippen LogP contribution is 2.23. The van der Waals surface area contributed by atoms with Gasteiger partial charge in [-0.25, -0.2) is 9.89 Å². The van der Waals surface area contributed by atoms with Crippen LogP contribution in [0.15, 0.2) is 34.2 Å². The van der Waals surface area contributed by atoms with Crippen molar-refractivity contribution in [3.8, 4) is 0 Å². The first kappa shape index (κ1) is 17.8. The van der Waals surface area contributed by atoms with Gasteiger partial charge in [0, 0.05) is 12.3 Å². The summed E-state index contributed by atoms with van der Waals surface area (Å²) in [6.45, 7) is 4.98. The first-order valence-corrected chi connectivity index (χ1v) is 9.22. The maximum atomic E-state index is 12.4. The molecule has 0 bridgehead atoms. The summed E-state index contributed by atoms with van der Waals surface area (Å²) in [4.78, 5) is 24.4. The summed E-state index contributed by atoms with van der Waals surface area (Å²) in [6, 6.07) is 7.62. The van der Waals surface area contributed by atoms with Crippen LogP contribution in [-0.2, 0) is 16.1 Å². The number of benzene rings is 1. The van der Waals surface area contributed by atoms with Crippen LogP contribution in [0.3, 0.4) is 0 Å². The predicted molar refractivity (Wildman–Crippen MR) is 96.9 cm³/mol. The largest absolute Gasteiger partial charge is 0.376 e. The van der Waals surface area contributed by atoms with E-state index in [1.807, 2.05) is 31.2 Å². The molecule has 7 nitrogen and oxygen atoms in total. The number of aromatic nitrogens is 3. The van der Waals surface area contributed by atoms with Crippen molar-refractivity contribution in [1.82, 2.24) is 14.8 Å². The molecule has 0 radical (unpaired) electrons. The summed E-state index contributed by atoms with van der Waals surface area (Å²) in [5, 5.41) is 9.51. The Hall–Kier alpha value is -2.06. The van der Waals surface area contributed by atoms with Gasteiger partial charge in [-0.15, -0.1) is 5.10 Å². The molecule has 8 heteroatoms. The molecule has 1 amide bonds. The molecule has 2 heterocycles. The van der Waals surface area contributed by atoms with Gasteiger partial charge in [-0.3, -0.25) is 9.36 Å². The van der Waals surface area contributed by atoms with Crippen molar-refractivity contribution in [3.05, 3.63) is 40.3 Å². The highest BCUT2D eigenvalue weighted by atomic mass is 32.2. The lowest BCUT2D eigenvalue weighted by Gasteiger charge is -2.14. The van der Waals surface area contributed by atoms with Gasteiger partial charge < -0.3 is 10.1 Å². The molecule has 0 aliphatic carbocycles. The van der Waals surface area contributed by atoms with Gasteiger partial charge in [0.05, 0.1) is 17.9 Å². The van der Waals surface area contributed by atoms with Crippen molar-refractivity contribution in [3.63, 3.8) is 0 Å². The van der Waals surface area contributed by atoms with Crippen LogP contribution in [0, 0.1) is 6.92 Å². The number of hydrogen-bond donors (Lipinski definition) is 2. The third-order valence-corrected chi connectivity index (χ3v) is 5.19. The van der Waals surface area contributed by atoms with Crippen LogP contribution >= 0.6 is 11.8 Å². The van der Waals surface area contributed by atoms with Gasteiger partial charge in [0.25, 0.3) is 0 Å². The minimum absolute atomic E-state index is 0.0336. The van der Waals surface area contributed by atoms with E-state index in [2.05, 4.69) is 15.5 Å². The number of thioether (sulfide) groups is 1. The number of nitrogens with zero attached hydrogens (tertiary/aromatic N) is 2. The quantitative estimate of drug-likeness (QED) is 0.769. The molecule has 1 aliphatic rings. The Kier molecular flexibility index (Phi) is 5.60. The SMILES string of the molecule is Cc1ccc(NC(=O)[C@@H](C)Sc2n[nH]c(=O)n2C[C@H]2CCCO2)cc1. The van der Waals surface area contributed by atoms with Gasteiger partial charge in [-0.05, 0) is 38.8 Å². The number of rotatable bonds is 6. The number of carbonyl (C=O) groups excluding carboxylic acids is 1. The van der Waals surface area contributed by atoms with E-state index in [1.165, 1.54) is 11.8 Å². The molecule has 1 aliphatic heterocycles. The molecular weight excluding hydrogens is 340 g/mol. The summed E-state index contributed by atoms with van der Waals surface area (Å²) in [5.41, 5.74) is 1.61. The van der Waals surface area contributed by atoms with Crippen molar-refractivity contribution in [2.45, 2.75) is 49.7 Å². The minimum atomic E-state index is -0.389. The van der Waals surface area contributed by atoms with Crippen LogP contribution in [-0.4, -0.2) is 38.6 Å². The summed E-state index contributed by atoms with van der Waals surface area (Å²) in [5.74, 6) is -0.132. The lowest BCUT2D eigenvalue weighted by atomic mass is 10.2. The van der Waals surface area contributed by atoms with E-state index in [0.29, 0.717) is 11.7 Å². The number of hydrogen-bond acceptors (Lipinski definition) is 5. The van der Waals surface area contributed by atoms with Gasteiger partial charge in [0.15, 0.2) is 5.16 Å². The zero-order valence-electron chi connectivity index (χ0n) is 14.3. The molecule has 1 aromatic carbocycles. The smallest absolute Gasteiger partial charge is 0.344 e. The monoisotopic (exact) mass is 362 g/mol. The average molecular weight is 362 g/mol. The third kappa shape index (κ3) is 4.52. The van der Waals surface area contributed by atoms with Gasteiger partial charge >= 0.3 is 5.69 Å². The molecule has 0 unspecified atom stereocenters. The van der Waals surface area contributed by atoms with Crippen molar-refractivity contribution in [2.24, 2.45) is 0 Å². The molecule has 2 atom stereocenters. The van der Waals surface area contributed by atoms with Crippen molar-refractivity contribution >= 4 is 23.4 Å². The summed E-state index contributed by atoms with van der Waals surface area (Å²) in [6.07, 6.45) is 1.98. The fourth-order valence-electron chi connectivity index (χ4n) is 2.64. The number of aromatic amines is 1. The standard InChI is InChI=1S/C17H22N4O3S/c1-11-5-7-13(8-6-11)18-15(22)12(2)25-17-20-19-16(23)21(17)10-14-4-3-9-24-14/h5-8,12,14H,3-4,9-10H2,1-2H3,(H,18,22)(H,19,23)/t12-,14-/m1/s1. The van der Waals surface area contributed by atoms with Gasteiger partial charge in [0.2, 0.25) is 5.91 Å². The number of anilines is 1. The van der Waals surface area contributed by atoms with Crippen LogP contribution in [0.1, 0.15) is 25.3 Å². The summed E-state index contributed by atoms with van der Waals surface area (Å²) < 4.78 is 7.14. The third-order valence-electron chi connectivity index (χ3n) is 4.10. The maximum Gasteiger partial charge on any atom is 0.344 e. The van der Waals surface area contributed by atoms with Crippen molar-refractivity contribution in [1.29, 1.82) is 0 Å². The fourth-order valence-corrected chi connectivity index (χ4v) is 3.50. The first-order chi connectivity index (χ1) is 12.0. The molecule has 134 valence electrons. The summed E-state index contributed by atoms with van der Waals surface area (Å²) >= 11 is 1.26. The van der Waals surface area contributed by atoms with E-state index >= 15 is 0 Å². The van der Waals surface area contributed by atoms with Crippen LogP contribution in [0.5, 0.6) is 0 Å². The number of carbonyl (C=O) groups is 1. The molecule has 3 rings (SSSR count). The highest BCUT2D eigenvalue weighted by Gasteiger charge is 2.22. The van der Waals surface area contributed by atoms with E-state index in [-0.39, 0.29) is 23.0 Å². The average Bonchev–Trinajstić information content (AvgIpc) is 3.22. The Morgan fingerprint density at radius 2 is 2.24 bits per heavy atom. The normalized spacial score (nSPS) is 18.2. The topological polar surface area (TPSA) is 89.0 Å². The van der Waals surface area contributed by atoms with Crippen LogP contribution in [0.2, 0.25) is 0 Å². The number of H-pyrrole nitrogens is 1. The fraction of sp³-hybridized carbons (Fsp3) is 0.471. The zero-order chi connectivity index (χ0) is 17.8. The Morgan fingerprint density at radius 1 is 1.48 bits per heavy atom. The van der Waals surface area contributed by atoms with Crippen LogP contribution < -0.4 is 11.0 Å². The molecule has 1 aromatic heterocycles. The number of amides is 1. The molecular formula is C17H22N4O3S.